The van der Waals surface area contributed by atoms with Crippen molar-refractivity contribution in [3.05, 3.63) is 0 Å². The van der Waals surface area contributed by atoms with Crippen molar-refractivity contribution >= 4 is 0 Å². The van der Waals surface area contributed by atoms with Gasteiger partial charge in [-0.15, -0.1) is 0 Å². The number of hydrogen-bond donors (Lipinski definition) is 3. The molecule has 80 valence electrons. The van der Waals surface area contributed by atoms with Crippen LogP contribution in [0.25, 0.3) is 0 Å². The topological polar surface area (TPSA) is 66.5 Å². The molecular weight excluding hydrogens is 166 g/mol. The molecule has 13 heavy (non-hydrogen) atoms. The average Bonchev–Trinajstić information content (AvgIpc) is 2.04. The van der Waals surface area contributed by atoms with Gasteiger partial charge < -0.3 is 15.9 Å². The van der Waals surface area contributed by atoms with E-state index >= 15 is 0 Å². The Kier molecular flexibility index (Phi) is 7.23. The van der Waals surface area contributed by atoms with Gasteiger partial charge >= 0.3 is 0 Å². The number of unbranched alkanes of at least 4 members (excludes halogenated alkanes) is 4. The minimum atomic E-state index is -1.15. The van der Waals surface area contributed by atoms with Crippen LogP contribution >= 0.6 is 0 Å². The van der Waals surface area contributed by atoms with E-state index in [9.17, 15) is 5.11 Å². The molecule has 0 aromatic rings. The minimum Gasteiger partial charge on any atom is -0.396 e. The molecule has 0 aliphatic carbocycles. The second kappa shape index (κ2) is 7.30. The van der Waals surface area contributed by atoms with Gasteiger partial charge in [-0.3, -0.25) is 0 Å². The lowest BCUT2D eigenvalue weighted by Crippen LogP contribution is -2.40. The van der Waals surface area contributed by atoms with Gasteiger partial charge in [-0.2, -0.15) is 0 Å². The second-order valence-electron chi connectivity index (χ2n) is 3.74. The van der Waals surface area contributed by atoms with Crippen molar-refractivity contribution in [1.29, 1.82) is 0 Å². The van der Waals surface area contributed by atoms with Crippen LogP contribution in [0, 0.1) is 0 Å². The normalized spacial score (nSPS) is 15.7. The Balaban J connectivity index is 3.29. The van der Waals surface area contributed by atoms with Gasteiger partial charge in [0.25, 0.3) is 0 Å². The van der Waals surface area contributed by atoms with E-state index in [4.69, 9.17) is 10.8 Å². The molecule has 0 heterocycles. The predicted octanol–water partition coefficient (Wildman–Crippen LogP) is 1.38. The third-order valence-electron chi connectivity index (χ3n) is 2.26. The summed E-state index contributed by atoms with van der Waals surface area (Å²) in [4.78, 5) is 0. The first-order chi connectivity index (χ1) is 6.12. The Morgan fingerprint density at radius 3 is 2.23 bits per heavy atom. The van der Waals surface area contributed by atoms with Gasteiger partial charge in [-0.1, -0.05) is 32.6 Å². The lowest BCUT2D eigenvalue weighted by atomic mass is 10.0. The van der Waals surface area contributed by atoms with Gasteiger partial charge in [0, 0.05) is 13.0 Å². The molecule has 3 heteroatoms. The molecule has 0 aliphatic heterocycles. The Labute approximate surface area is 81.0 Å². The molecule has 0 saturated carbocycles. The third kappa shape index (κ3) is 8.22. The quantitative estimate of drug-likeness (QED) is 0.399. The second-order valence-corrected chi connectivity index (χ2v) is 3.74. The molecule has 0 saturated heterocycles. The van der Waals surface area contributed by atoms with Crippen LogP contribution in [-0.2, 0) is 0 Å². The maximum atomic E-state index is 9.49. The van der Waals surface area contributed by atoms with Crippen molar-refractivity contribution in [1.82, 2.24) is 0 Å². The summed E-state index contributed by atoms with van der Waals surface area (Å²) in [5.74, 6) is 0. The molecule has 0 fully saturated rings. The van der Waals surface area contributed by atoms with Crippen LogP contribution < -0.4 is 5.73 Å². The molecule has 0 amide bonds. The van der Waals surface area contributed by atoms with Gasteiger partial charge in [0.1, 0.15) is 5.72 Å². The van der Waals surface area contributed by atoms with E-state index in [1.54, 1.807) is 0 Å². The van der Waals surface area contributed by atoms with Gasteiger partial charge in [-0.25, -0.2) is 0 Å². The van der Waals surface area contributed by atoms with E-state index in [-0.39, 0.29) is 13.0 Å². The first-order valence-corrected chi connectivity index (χ1v) is 5.24. The highest BCUT2D eigenvalue weighted by Gasteiger charge is 2.18. The first kappa shape index (κ1) is 12.9. The van der Waals surface area contributed by atoms with E-state index in [0.29, 0.717) is 6.42 Å². The van der Waals surface area contributed by atoms with E-state index in [2.05, 4.69) is 6.92 Å². The molecule has 3 nitrogen and oxygen atoms in total. The van der Waals surface area contributed by atoms with Crippen LogP contribution in [0.2, 0.25) is 0 Å². The molecule has 0 rings (SSSR count). The smallest absolute Gasteiger partial charge is 0.115 e. The summed E-state index contributed by atoms with van der Waals surface area (Å²) in [6.45, 7) is 2.13. The molecule has 4 N–H and O–H groups in total. The van der Waals surface area contributed by atoms with Crippen molar-refractivity contribution in [2.24, 2.45) is 5.73 Å². The van der Waals surface area contributed by atoms with Crippen molar-refractivity contribution in [2.45, 2.75) is 57.6 Å². The Morgan fingerprint density at radius 2 is 1.69 bits per heavy atom. The first-order valence-electron chi connectivity index (χ1n) is 5.24. The molecular formula is C10H23NO2. The molecule has 0 spiro atoms. The highest BCUT2D eigenvalue weighted by Crippen LogP contribution is 2.13. The summed E-state index contributed by atoms with van der Waals surface area (Å²) in [6, 6.07) is 0. The van der Waals surface area contributed by atoms with Crippen LogP contribution in [0.5, 0.6) is 0 Å². The van der Waals surface area contributed by atoms with E-state index in [1.165, 1.54) is 19.3 Å². The maximum absolute atomic E-state index is 9.49. The number of hydrogen-bond acceptors (Lipinski definition) is 3. The highest BCUT2D eigenvalue weighted by molar-refractivity contribution is 4.69. The SMILES string of the molecule is CCCCCCCC(N)(O)CCO. The molecule has 1 atom stereocenters. The zero-order chi connectivity index (χ0) is 10.2. The van der Waals surface area contributed by atoms with Gasteiger partial charge in [0.15, 0.2) is 0 Å². The molecule has 0 bridgehead atoms. The maximum Gasteiger partial charge on any atom is 0.115 e. The Hall–Kier alpha value is -0.120. The summed E-state index contributed by atoms with van der Waals surface area (Å²) in [5.41, 5.74) is 4.39. The zero-order valence-corrected chi connectivity index (χ0v) is 8.63. The fourth-order valence-electron chi connectivity index (χ4n) is 1.35. The number of aliphatic hydroxyl groups is 2. The number of nitrogens with two attached hydrogens (primary N) is 1. The fourth-order valence-corrected chi connectivity index (χ4v) is 1.35. The van der Waals surface area contributed by atoms with Crippen LogP contribution in [0.4, 0.5) is 0 Å². The van der Waals surface area contributed by atoms with Crippen LogP contribution in [-0.4, -0.2) is 22.5 Å². The Bertz CT molecular complexity index is 115. The van der Waals surface area contributed by atoms with Gasteiger partial charge in [0.2, 0.25) is 0 Å². The largest absolute Gasteiger partial charge is 0.396 e. The summed E-state index contributed by atoms with van der Waals surface area (Å²) in [6.07, 6.45) is 6.64. The summed E-state index contributed by atoms with van der Waals surface area (Å²) < 4.78 is 0. The number of aliphatic hydroxyl groups excluding tert-OH is 1. The zero-order valence-electron chi connectivity index (χ0n) is 8.63. The molecule has 0 aromatic carbocycles. The van der Waals surface area contributed by atoms with Gasteiger partial charge in [-0.05, 0) is 12.8 Å². The predicted molar refractivity (Wildman–Crippen MR) is 54.2 cm³/mol. The Morgan fingerprint density at radius 1 is 1.08 bits per heavy atom. The van der Waals surface area contributed by atoms with E-state index in [1.807, 2.05) is 0 Å². The molecule has 0 aromatic heterocycles. The lowest BCUT2D eigenvalue weighted by molar-refractivity contribution is 0.0115. The fraction of sp³-hybridized carbons (Fsp3) is 1.00. The molecule has 0 radical (unpaired) electrons. The van der Waals surface area contributed by atoms with Crippen LogP contribution in [0.1, 0.15) is 51.9 Å². The molecule has 0 aliphatic rings. The highest BCUT2D eigenvalue weighted by atomic mass is 16.3. The standard InChI is InChI=1S/C10H23NO2/c1-2-3-4-5-6-7-10(11,13)8-9-12/h12-13H,2-9,11H2,1H3. The number of rotatable bonds is 8. The summed E-state index contributed by atoms with van der Waals surface area (Å²) in [5, 5.41) is 18.1. The summed E-state index contributed by atoms with van der Waals surface area (Å²) in [7, 11) is 0. The van der Waals surface area contributed by atoms with Crippen molar-refractivity contribution < 1.29 is 10.2 Å². The van der Waals surface area contributed by atoms with Crippen LogP contribution in [0.3, 0.4) is 0 Å². The third-order valence-corrected chi connectivity index (χ3v) is 2.26. The van der Waals surface area contributed by atoms with Crippen LogP contribution in [0.15, 0.2) is 0 Å². The summed E-state index contributed by atoms with van der Waals surface area (Å²) >= 11 is 0. The monoisotopic (exact) mass is 189 g/mol. The van der Waals surface area contributed by atoms with Crippen molar-refractivity contribution in [2.75, 3.05) is 6.61 Å². The molecule has 1 unspecified atom stereocenters. The minimum absolute atomic E-state index is 0.0397. The lowest BCUT2D eigenvalue weighted by Gasteiger charge is -2.21. The van der Waals surface area contributed by atoms with Gasteiger partial charge in [0.05, 0.1) is 0 Å². The van der Waals surface area contributed by atoms with Crippen molar-refractivity contribution in [3.63, 3.8) is 0 Å². The van der Waals surface area contributed by atoms with Crippen molar-refractivity contribution in [3.8, 4) is 0 Å². The van der Waals surface area contributed by atoms with E-state index in [0.717, 1.165) is 12.8 Å². The average molecular weight is 189 g/mol. The van der Waals surface area contributed by atoms with E-state index < -0.39 is 5.72 Å².